The Balaban J connectivity index is 1.82. The van der Waals surface area contributed by atoms with Crippen molar-refractivity contribution in [3.63, 3.8) is 0 Å². The number of carbonyl (C=O) groups excluding carboxylic acids is 2. The second-order valence-corrected chi connectivity index (χ2v) is 8.13. The molecule has 2 aromatic carbocycles. The molecule has 5 nitrogen and oxygen atoms in total. The Labute approximate surface area is 180 Å². The average molecular weight is 424 g/mol. The molecule has 3 rings (SSSR count). The van der Waals surface area contributed by atoms with E-state index in [4.69, 9.17) is 9.47 Å². The van der Waals surface area contributed by atoms with Crippen LogP contribution in [-0.4, -0.2) is 25.6 Å². The zero-order valence-electron chi connectivity index (χ0n) is 17.8. The number of esters is 1. The largest absolute Gasteiger partial charge is 0.483 e. The van der Waals surface area contributed by atoms with Gasteiger partial charge in [-0.15, -0.1) is 11.3 Å². The van der Waals surface area contributed by atoms with Crippen LogP contribution in [0.2, 0.25) is 0 Å². The summed E-state index contributed by atoms with van der Waals surface area (Å²) in [5.41, 5.74) is 6.30. The van der Waals surface area contributed by atoms with Gasteiger partial charge in [0.2, 0.25) is 0 Å². The lowest BCUT2D eigenvalue weighted by molar-refractivity contribution is -0.118. The van der Waals surface area contributed by atoms with Gasteiger partial charge in [0.05, 0.1) is 7.11 Å². The number of thiophene rings is 1. The van der Waals surface area contributed by atoms with Crippen LogP contribution in [0.4, 0.5) is 5.00 Å². The van der Waals surface area contributed by atoms with E-state index in [-0.39, 0.29) is 12.5 Å². The number of nitrogens with one attached hydrogen (secondary N) is 1. The van der Waals surface area contributed by atoms with Crippen LogP contribution < -0.4 is 10.1 Å². The van der Waals surface area contributed by atoms with E-state index in [9.17, 15) is 9.59 Å². The van der Waals surface area contributed by atoms with Gasteiger partial charge in [-0.05, 0) is 61.6 Å². The zero-order chi connectivity index (χ0) is 21.8. The molecule has 1 heterocycles. The average Bonchev–Trinajstić information content (AvgIpc) is 3.13. The van der Waals surface area contributed by atoms with Crippen molar-refractivity contribution in [1.82, 2.24) is 0 Å². The molecule has 1 aromatic heterocycles. The molecule has 0 aliphatic rings. The summed E-state index contributed by atoms with van der Waals surface area (Å²) in [7, 11) is 1.33. The number of methoxy groups -OCH3 is 1. The Morgan fingerprint density at radius 1 is 0.967 bits per heavy atom. The van der Waals surface area contributed by atoms with Gasteiger partial charge in [-0.25, -0.2) is 4.79 Å². The normalized spacial score (nSPS) is 10.6. The molecule has 0 saturated heterocycles. The van der Waals surface area contributed by atoms with Gasteiger partial charge in [-0.2, -0.15) is 0 Å². The van der Waals surface area contributed by atoms with Gasteiger partial charge >= 0.3 is 5.97 Å². The van der Waals surface area contributed by atoms with Crippen molar-refractivity contribution in [2.75, 3.05) is 19.0 Å². The highest BCUT2D eigenvalue weighted by molar-refractivity contribution is 7.15. The lowest BCUT2D eigenvalue weighted by Crippen LogP contribution is -2.21. The van der Waals surface area contributed by atoms with Gasteiger partial charge in [0.15, 0.2) is 6.61 Å². The molecule has 0 fully saturated rings. The molecule has 6 heteroatoms. The Morgan fingerprint density at radius 2 is 1.70 bits per heavy atom. The first-order valence-corrected chi connectivity index (χ1v) is 10.5. The molecule has 0 radical (unpaired) electrons. The molecular formula is C24H25NO4S. The molecule has 0 bridgehead atoms. The minimum absolute atomic E-state index is 0.151. The summed E-state index contributed by atoms with van der Waals surface area (Å²) >= 11 is 1.29. The van der Waals surface area contributed by atoms with Crippen molar-refractivity contribution in [1.29, 1.82) is 0 Å². The second-order valence-electron chi connectivity index (χ2n) is 7.25. The zero-order valence-corrected chi connectivity index (χ0v) is 18.6. The predicted molar refractivity (Wildman–Crippen MR) is 121 cm³/mol. The van der Waals surface area contributed by atoms with Gasteiger partial charge in [0, 0.05) is 10.9 Å². The van der Waals surface area contributed by atoms with Crippen molar-refractivity contribution in [3.8, 4) is 16.9 Å². The first-order valence-electron chi connectivity index (χ1n) is 9.57. The summed E-state index contributed by atoms with van der Waals surface area (Å²) in [6.07, 6.45) is 0. The summed E-state index contributed by atoms with van der Waals surface area (Å²) in [4.78, 5) is 25.0. The van der Waals surface area contributed by atoms with E-state index in [1.54, 1.807) is 0 Å². The molecule has 0 aliphatic heterocycles. The smallest absolute Gasteiger partial charge is 0.341 e. The number of anilines is 1. The van der Waals surface area contributed by atoms with Gasteiger partial charge in [0.1, 0.15) is 16.3 Å². The third-order valence-corrected chi connectivity index (χ3v) is 5.85. The van der Waals surface area contributed by atoms with Crippen LogP contribution in [0.5, 0.6) is 5.75 Å². The summed E-state index contributed by atoms with van der Waals surface area (Å²) in [5, 5.41) is 5.11. The summed E-state index contributed by atoms with van der Waals surface area (Å²) in [5.74, 6) is -0.162. The number of amides is 1. The highest BCUT2D eigenvalue weighted by Crippen LogP contribution is 2.36. The van der Waals surface area contributed by atoms with Crippen LogP contribution in [0.25, 0.3) is 11.1 Å². The maximum absolute atomic E-state index is 12.5. The number of aryl methyl sites for hydroxylation is 4. The number of hydrogen-bond acceptors (Lipinski definition) is 5. The van der Waals surface area contributed by atoms with Crippen LogP contribution in [-0.2, 0) is 9.53 Å². The Kier molecular flexibility index (Phi) is 6.57. The molecule has 0 spiro atoms. The van der Waals surface area contributed by atoms with Crippen LogP contribution in [0.3, 0.4) is 0 Å². The molecule has 0 unspecified atom stereocenters. The molecular weight excluding hydrogens is 398 g/mol. The Morgan fingerprint density at radius 3 is 2.40 bits per heavy atom. The van der Waals surface area contributed by atoms with E-state index >= 15 is 0 Å². The number of ether oxygens (including phenoxy) is 2. The van der Waals surface area contributed by atoms with Crippen molar-refractivity contribution in [2.24, 2.45) is 0 Å². The third kappa shape index (κ3) is 4.71. The SMILES string of the molecule is COC(=O)c1c(-c2ccc(C)c(C)c2)csc1NC(=O)COc1cc(C)ccc1C. The van der Waals surface area contributed by atoms with Gasteiger partial charge in [-0.1, -0.05) is 30.3 Å². The minimum atomic E-state index is -0.491. The van der Waals surface area contributed by atoms with Crippen LogP contribution in [0, 0.1) is 27.7 Å². The number of rotatable bonds is 6. The van der Waals surface area contributed by atoms with Crippen molar-refractivity contribution < 1.29 is 19.1 Å². The van der Waals surface area contributed by atoms with Crippen molar-refractivity contribution in [2.45, 2.75) is 27.7 Å². The summed E-state index contributed by atoms with van der Waals surface area (Å²) < 4.78 is 10.7. The lowest BCUT2D eigenvalue weighted by atomic mass is 9.99. The van der Waals surface area contributed by atoms with E-state index < -0.39 is 5.97 Å². The molecule has 1 amide bonds. The standard InChI is InChI=1S/C24H25NO4S/c1-14-6-7-16(3)20(10-14)29-12-21(26)25-23-22(24(27)28-5)19(13-30-23)18-9-8-15(2)17(4)11-18/h6-11,13H,12H2,1-5H3,(H,25,26). The highest BCUT2D eigenvalue weighted by atomic mass is 32.1. The number of hydrogen-bond donors (Lipinski definition) is 1. The fourth-order valence-corrected chi connectivity index (χ4v) is 4.02. The molecule has 1 N–H and O–H groups in total. The minimum Gasteiger partial charge on any atom is -0.483 e. The maximum Gasteiger partial charge on any atom is 0.341 e. The van der Waals surface area contributed by atoms with Crippen molar-refractivity contribution >= 4 is 28.2 Å². The molecule has 0 atom stereocenters. The van der Waals surface area contributed by atoms with Gasteiger partial charge in [0.25, 0.3) is 5.91 Å². The van der Waals surface area contributed by atoms with Crippen LogP contribution >= 0.6 is 11.3 Å². The third-order valence-electron chi connectivity index (χ3n) is 4.95. The highest BCUT2D eigenvalue weighted by Gasteiger charge is 2.22. The predicted octanol–water partition coefficient (Wildman–Crippen LogP) is 5.45. The van der Waals surface area contributed by atoms with Gasteiger partial charge < -0.3 is 14.8 Å². The Hall–Kier alpha value is -3.12. The van der Waals surface area contributed by atoms with E-state index in [0.29, 0.717) is 16.3 Å². The van der Waals surface area contributed by atoms with Crippen molar-refractivity contribution in [3.05, 3.63) is 69.6 Å². The monoisotopic (exact) mass is 423 g/mol. The lowest BCUT2D eigenvalue weighted by Gasteiger charge is -2.11. The summed E-state index contributed by atoms with van der Waals surface area (Å²) in [6.45, 7) is 7.81. The number of benzene rings is 2. The van der Waals surface area contributed by atoms with E-state index in [1.165, 1.54) is 24.0 Å². The molecule has 30 heavy (non-hydrogen) atoms. The number of carbonyl (C=O) groups is 2. The topological polar surface area (TPSA) is 64.6 Å². The van der Waals surface area contributed by atoms with E-state index in [2.05, 4.69) is 5.32 Å². The molecule has 0 aliphatic carbocycles. The fraction of sp³-hybridized carbons (Fsp3) is 0.250. The van der Waals surface area contributed by atoms with Crippen LogP contribution in [0.15, 0.2) is 41.8 Å². The van der Waals surface area contributed by atoms with Gasteiger partial charge in [-0.3, -0.25) is 4.79 Å². The first-order chi connectivity index (χ1) is 14.3. The fourth-order valence-electron chi connectivity index (χ4n) is 3.04. The molecule has 0 saturated carbocycles. The summed E-state index contributed by atoms with van der Waals surface area (Å²) in [6, 6.07) is 11.8. The quantitative estimate of drug-likeness (QED) is 0.535. The first kappa shape index (κ1) is 21.6. The van der Waals surface area contributed by atoms with E-state index in [1.807, 2.05) is 69.5 Å². The molecule has 3 aromatic rings. The van der Waals surface area contributed by atoms with E-state index in [0.717, 1.165) is 27.8 Å². The van der Waals surface area contributed by atoms with Crippen LogP contribution in [0.1, 0.15) is 32.6 Å². The second kappa shape index (κ2) is 9.13. The maximum atomic E-state index is 12.5. The molecule has 156 valence electrons. The Bertz CT molecular complexity index is 1100.